The van der Waals surface area contributed by atoms with Crippen LogP contribution in [0.15, 0.2) is 45.5 Å². The number of carbonyl (C=O) groups is 2. The third kappa shape index (κ3) is 3.95. The van der Waals surface area contributed by atoms with E-state index in [0.717, 1.165) is 32.5 Å². The number of nitrogens with one attached hydrogen (secondary N) is 3. The summed E-state index contributed by atoms with van der Waals surface area (Å²) in [6.45, 7) is 1.50. The van der Waals surface area contributed by atoms with Crippen LogP contribution in [0.3, 0.4) is 0 Å². The fraction of sp³-hybridized carbons (Fsp3) is 0.368. The summed E-state index contributed by atoms with van der Waals surface area (Å²) in [7, 11) is 0. The lowest BCUT2D eigenvalue weighted by Crippen LogP contribution is -2.42. The molecule has 0 radical (unpaired) electrons. The summed E-state index contributed by atoms with van der Waals surface area (Å²) in [5.41, 5.74) is 0.779. The van der Waals surface area contributed by atoms with Crippen LogP contribution >= 0.6 is 23.1 Å². The normalized spacial score (nSPS) is 23.8. The number of rotatable bonds is 5. The van der Waals surface area contributed by atoms with Gasteiger partial charge in [-0.15, -0.1) is 11.3 Å². The van der Waals surface area contributed by atoms with Gasteiger partial charge in [-0.05, 0) is 49.6 Å². The van der Waals surface area contributed by atoms with Crippen LogP contribution in [0.1, 0.15) is 35.9 Å². The van der Waals surface area contributed by atoms with Gasteiger partial charge in [-0.1, -0.05) is 17.8 Å². The van der Waals surface area contributed by atoms with E-state index >= 15 is 0 Å². The predicted molar refractivity (Wildman–Crippen MR) is 105 cm³/mol. The Labute approximate surface area is 160 Å². The van der Waals surface area contributed by atoms with Gasteiger partial charge in [0.2, 0.25) is 5.91 Å². The van der Waals surface area contributed by atoms with Crippen LogP contribution in [-0.4, -0.2) is 29.9 Å². The van der Waals surface area contributed by atoms with E-state index in [-0.39, 0.29) is 17.9 Å². The largest absolute Gasteiger partial charge is 0.347 e. The fourth-order valence-corrected chi connectivity index (χ4v) is 5.74. The van der Waals surface area contributed by atoms with E-state index in [4.69, 9.17) is 0 Å². The summed E-state index contributed by atoms with van der Waals surface area (Å²) < 4.78 is 1.06. The molecule has 3 N–H and O–H groups in total. The number of hydrogen-bond acceptors (Lipinski definition) is 5. The Kier molecular flexibility index (Phi) is 5.02. The second kappa shape index (κ2) is 7.42. The highest BCUT2D eigenvalue weighted by Gasteiger charge is 2.39. The van der Waals surface area contributed by atoms with E-state index in [2.05, 4.69) is 16.0 Å². The molecule has 2 aromatic rings. The van der Waals surface area contributed by atoms with Crippen LogP contribution in [0.2, 0.25) is 0 Å². The van der Waals surface area contributed by atoms with Crippen molar-refractivity contribution in [3.63, 3.8) is 0 Å². The van der Waals surface area contributed by atoms with Crippen molar-refractivity contribution in [3.8, 4) is 0 Å². The van der Waals surface area contributed by atoms with Gasteiger partial charge in [-0.3, -0.25) is 9.59 Å². The molecule has 1 aromatic carbocycles. The zero-order valence-corrected chi connectivity index (χ0v) is 16.1. The first-order valence-corrected chi connectivity index (χ1v) is 10.4. The first kappa shape index (κ1) is 17.6. The molecule has 0 saturated carbocycles. The van der Waals surface area contributed by atoms with Gasteiger partial charge in [-0.2, -0.15) is 0 Å². The minimum atomic E-state index is -0.0858. The van der Waals surface area contributed by atoms with Crippen LogP contribution in [0, 0.1) is 0 Å². The van der Waals surface area contributed by atoms with Crippen molar-refractivity contribution in [2.75, 3.05) is 5.32 Å². The van der Waals surface area contributed by atoms with Crippen molar-refractivity contribution < 1.29 is 9.59 Å². The molecule has 3 unspecified atom stereocenters. The highest BCUT2D eigenvalue weighted by Crippen LogP contribution is 2.35. The van der Waals surface area contributed by atoms with Crippen LogP contribution in [0.25, 0.3) is 0 Å². The van der Waals surface area contributed by atoms with Crippen molar-refractivity contribution in [1.29, 1.82) is 0 Å². The average Bonchev–Trinajstić information content (AvgIpc) is 3.31. The molecular weight excluding hydrogens is 366 g/mol. The molecule has 136 valence electrons. The van der Waals surface area contributed by atoms with Gasteiger partial charge in [0.05, 0.1) is 9.09 Å². The first-order valence-electron chi connectivity index (χ1n) is 8.79. The number of fused-ring (bicyclic) bond motifs is 2. The van der Waals surface area contributed by atoms with Crippen molar-refractivity contribution in [1.82, 2.24) is 10.6 Å². The molecule has 2 saturated heterocycles. The van der Waals surface area contributed by atoms with Crippen LogP contribution in [-0.2, 0) is 4.79 Å². The van der Waals surface area contributed by atoms with Gasteiger partial charge in [0.25, 0.3) is 5.91 Å². The van der Waals surface area contributed by atoms with Gasteiger partial charge in [0, 0.05) is 35.6 Å². The number of thiophene rings is 1. The van der Waals surface area contributed by atoms with Gasteiger partial charge < -0.3 is 16.0 Å². The molecular formula is C19H21N3O2S2. The van der Waals surface area contributed by atoms with E-state index in [1.54, 1.807) is 11.8 Å². The number of benzene rings is 1. The molecule has 4 rings (SSSR count). The molecule has 0 aliphatic carbocycles. The van der Waals surface area contributed by atoms with Gasteiger partial charge in [-0.25, -0.2) is 0 Å². The molecule has 26 heavy (non-hydrogen) atoms. The summed E-state index contributed by atoms with van der Waals surface area (Å²) in [6.07, 6.45) is 3.43. The highest BCUT2D eigenvalue weighted by atomic mass is 32.2. The minimum absolute atomic E-state index is 0.0215. The minimum Gasteiger partial charge on any atom is -0.347 e. The van der Waals surface area contributed by atoms with E-state index in [0.29, 0.717) is 12.1 Å². The number of carbonyl (C=O) groups excluding carboxylic acids is 2. The summed E-state index contributed by atoms with van der Waals surface area (Å²) in [5.74, 6) is -0.0643. The van der Waals surface area contributed by atoms with Crippen LogP contribution < -0.4 is 16.0 Å². The van der Waals surface area contributed by atoms with E-state index in [1.165, 1.54) is 24.7 Å². The molecule has 2 aliphatic rings. The first-order chi connectivity index (χ1) is 12.6. The molecule has 2 amide bonds. The lowest BCUT2D eigenvalue weighted by atomic mass is 9.95. The fourth-order valence-electron chi connectivity index (χ4n) is 3.68. The molecule has 2 bridgehead atoms. The Morgan fingerprint density at radius 2 is 2.12 bits per heavy atom. The predicted octanol–water partition coefficient (Wildman–Crippen LogP) is 3.48. The van der Waals surface area contributed by atoms with Crippen molar-refractivity contribution in [2.45, 2.75) is 53.4 Å². The topological polar surface area (TPSA) is 70.2 Å². The lowest BCUT2D eigenvalue weighted by molar-refractivity contribution is -0.114. The molecule has 5 nitrogen and oxygen atoms in total. The summed E-state index contributed by atoms with van der Waals surface area (Å²) >= 11 is 3.10. The van der Waals surface area contributed by atoms with Gasteiger partial charge in [0.15, 0.2) is 0 Å². The summed E-state index contributed by atoms with van der Waals surface area (Å²) in [5, 5.41) is 9.52. The Morgan fingerprint density at radius 1 is 1.23 bits per heavy atom. The third-order valence-corrected chi connectivity index (χ3v) is 7.00. The quantitative estimate of drug-likeness (QED) is 0.735. The van der Waals surface area contributed by atoms with Crippen molar-refractivity contribution in [2.24, 2.45) is 0 Å². The number of amides is 2. The molecule has 3 atom stereocenters. The van der Waals surface area contributed by atoms with E-state index < -0.39 is 0 Å². The van der Waals surface area contributed by atoms with Crippen molar-refractivity contribution >= 4 is 40.6 Å². The highest BCUT2D eigenvalue weighted by molar-refractivity contribution is 8.01. The Balaban J connectivity index is 1.38. The number of anilines is 1. The van der Waals surface area contributed by atoms with E-state index in [9.17, 15) is 9.59 Å². The van der Waals surface area contributed by atoms with E-state index in [1.807, 2.05) is 36.4 Å². The summed E-state index contributed by atoms with van der Waals surface area (Å²) in [4.78, 5) is 25.5. The Bertz CT molecular complexity index is 836. The molecule has 2 aliphatic heterocycles. The Morgan fingerprint density at radius 3 is 2.85 bits per heavy atom. The average molecular weight is 388 g/mol. The van der Waals surface area contributed by atoms with Crippen molar-refractivity contribution in [3.05, 3.63) is 41.3 Å². The zero-order chi connectivity index (χ0) is 18.1. The van der Waals surface area contributed by atoms with Gasteiger partial charge >= 0.3 is 0 Å². The standard InChI is InChI=1S/C19H21N3O2S2/c1-11(23)20-12-3-2-4-14(9-12)25-18-8-7-17(26-18)19(24)22-16-10-13-5-6-15(16)21-13/h2-4,7-9,13,15-16,21H,5-6,10H2,1H3,(H,20,23)(H,22,24). The second-order valence-electron chi connectivity index (χ2n) is 6.79. The molecule has 0 spiro atoms. The summed E-state index contributed by atoms with van der Waals surface area (Å²) in [6, 6.07) is 12.9. The smallest absolute Gasteiger partial charge is 0.261 e. The maximum atomic E-state index is 12.5. The lowest BCUT2D eigenvalue weighted by Gasteiger charge is -2.20. The maximum Gasteiger partial charge on any atom is 0.261 e. The third-order valence-electron chi connectivity index (χ3n) is 4.79. The second-order valence-corrected chi connectivity index (χ2v) is 9.25. The molecule has 1 aromatic heterocycles. The van der Waals surface area contributed by atoms with Gasteiger partial charge in [0.1, 0.15) is 0 Å². The monoisotopic (exact) mass is 387 g/mol. The molecule has 2 fully saturated rings. The molecule has 7 heteroatoms. The maximum absolute atomic E-state index is 12.5. The van der Waals surface area contributed by atoms with Crippen LogP contribution in [0.5, 0.6) is 0 Å². The van der Waals surface area contributed by atoms with Crippen LogP contribution in [0.4, 0.5) is 5.69 Å². The zero-order valence-electron chi connectivity index (χ0n) is 14.5. The Hall–Kier alpha value is -1.83. The SMILES string of the molecule is CC(=O)Nc1cccc(Sc2ccc(C(=O)NC3CC4CCC3N4)s2)c1. The molecule has 3 heterocycles. The number of hydrogen-bond donors (Lipinski definition) is 3.